The van der Waals surface area contributed by atoms with Crippen molar-refractivity contribution in [3.05, 3.63) is 71.5 Å². The molecular weight excluding hydrogens is 378 g/mol. The average molecular weight is 401 g/mol. The lowest BCUT2D eigenvalue weighted by atomic mass is 9.97. The summed E-state index contributed by atoms with van der Waals surface area (Å²) in [5, 5.41) is 0. The first-order valence-corrected chi connectivity index (χ1v) is 10.2. The van der Waals surface area contributed by atoms with Gasteiger partial charge in [0.1, 0.15) is 11.5 Å². The second kappa shape index (κ2) is 7.44. The van der Waals surface area contributed by atoms with Crippen LogP contribution < -0.4 is 9.47 Å². The molecule has 5 rings (SSSR count). The van der Waals surface area contributed by atoms with Gasteiger partial charge in [0.05, 0.1) is 31.5 Å². The number of aromatic nitrogens is 2. The number of rotatable bonds is 4. The van der Waals surface area contributed by atoms with Crippen molar-refractivity contribution >= 4 is 5.91 Å². The van der Waals surface area contributed by atoms with Gasteiger partial charge in [-0.25, -0.2) is 9.97 Å². The van der Waals surface area contributed by atoms with Gasteiger partial charge < -0.3 is 14.4 Å². The summed E-state index contributed by atoms with van der Waals surface area (Å²) in [5.41, 5.74) is 3.68. The minimum Gasteiger partial charge on any atom is -0.497 e. The summed E-state index contributed by atoms with van der Waals surface area (Å²) < 4.78 is 10.7. The molecule has 0 spiro atoms. The molecule has 152 valence electrons. The second-order valence-corrected chi connectivity index (χ2v) is 7.69. The SMILES string of the molecule is COc1ccc(C(=O)N2C3CCC2c2cnc(-c4ccccc4)nc2C3)c(OC)c1. The minimum absolute atomic E-state index is 0.00267. The molecule has 1 aromatic heterocycles. The molecule has 2 unspecified atom stereocenters. The Morgan fingerprint density at radius 2 is 1.90 bits per heavy atom. The van der Waals surface area contributed by atoms with Crippen molar-refractivity contribution in [1.29, 1.82) is 0 Å². The standard InChI is InChI=1S/C24H23N3O3/c1-29-17-9-10-18(22(13-17)30-2)24(28)27-16-8-11-21(27)19-14-25-23(26-20(19)12-16)15-6-4-3-5-7-15/h3-7,9-10,13-14,16,21H,8,11-12H2,1-2H3. The maximum Gasteiger partial charge on any atom is 0.258 e. The Hall–Kier alpha value is -3.41. The van der Waals surface area contributed by atoms with Crippen molar-refractivity contribution in [2.24, 2.45) is 0 Å². The number of methoxy groups -OCH3 is 2. The van der Waals surface area contributed by atoms with Gasteiger partial charge in [0.25, 0.3) is 5.91 Å². The predicted octanol–water partition coefficient (Wildman–Crippen LogP) is 4.06. The predicted molar refractivity (Wildman–Crippen MR) is 113 cm³/mol. The van der Waals surface area contributed by atoms with Crippen LogP contribution in [-0.2, 0) is 6.42 Å². The lowest BCUT2D eigenvalue weighted by molar-refractivity contribution is 0.0640. The Morgan fingerprint density at radius 3 is 2.67 bits per heavy atom. The van der Waals surface area contributed by atoms with E-state index in [1.807, 2.05) is 41.4 Å². The van der Waals surface area contributed by atoms with Crippen LogP contribution in [0.2, 0.25) is 0 Å². The molecule has 1 amide bonds. The van der Waals surface area contributed by atoms with E-state index in [1.165, 1.54) is 0 Å². The monoisotopic (exact) mass is 401 g/mol. The van der Waals surface area contributed by atoms with Crippen LogP contribution in [0.4, 0.5) is 0 Å². The molecule has 0 N–H and O–H groups in total. The second-order valence-electron chi connectivity index (χ2n) is 7.69. The van der Waals surface area contributed by atoms with Crippen LogP contribution in [0.5, 0.6) is 11.5 Å². The third kappa shape index (κ3) is 3.00. The van der Waals surface area contributed by atoms with Crippen molar-refractivity contribution in [2.75, 3.05) is 14.2 Å². The molecule has 2 atom stereocenters. The smallest absolute Gasteiger partial charge is 0.258 e. The van der Waals surface area contributed by atoms with Gasteiger partial charge in [-0.2, -0.15) is 0 Å². The van der Waals surface area contributed by atoms with Gasteiger partial charge in [-0.1, -0.05) is 30.3 Å². The fraction of sp³-hybridized carbons (Fsp3) is 0.292. The topological polar surface area (TPSA) is 64.5 Å². The number of ether oxygens (including phenoxy) is 2. The summed E-state index contributed by atoms with van der Waals surface area (Å²) in [6, 6.07) is 15.5. The quantitative estimate of drug-likeness (QED) is 0.660. The highest BCUT2D eigenvalue weighted by Gasteiger charge is 2.44. The van der Waals surface area contributed by atoms with Gasteiger partial charge in [0, 0.05) is 35.9 Å². The van der Waals surface area contributed by atoms with Gasteiger partial charge in [-0.3, -0.25) is 4.79 Å². The normalized spacial score (nSPS) is 19.3. The maximum absolute atomic E-state index is 13.5. The molecule has 0 radical (unpaired) electrons. The molecule has 6 heteroatoms. The van der Waals surface area contributed by atoms with E-state index in [9.17, 15) is 4.79 Å². The number of carbonyl (C=O) groups is 1. The van der Waals surface area contributed by atoms with Crippen LogP contribution in [-0.4, -0.2) is 41.0 Å². The third-order valence-electron chi connectivity index (χ3n) is 6.10. The summed E-state index contributed by atoms with van der Waals surface area (Å²) in [7, 11) is 3.17. The number of amides is 1. The molecule has 2 aliphatic heterocycles. The molecule has 3 heterocycles. The first-order chi connectivity index (χ1) is 14.7. The van der Waals surface area contributed by atoms with Gasteiger partial charge in [-0.15, -0.1) is 0 Å². The Morgan fingerprint density at radius 1 is 1.07 bits per heavy atom. The number of carbonyl (C=O) groups excluding carboxylic acids is 1. The van der Waals surface area contributed by atoms with Gasteiger partial charge in [0.2, 0.25) is 0 Å². The maximum atomic E-state index is 13.5. The Bertz CT molecular complexity index is 1100. The average Bonchev–Trinajstić information content (AvgIpc) is 3.12. The van der Waals surface area contributed by atoms with Gasteiger partial charge >= 0.3 is 0 Å². The number of hydrogen-bond acceptors (Lipinski definition) is 5. The van der Waals surface area contributed by atoms with E-state index in [4.69, 9.17) is 14.5 Å². The molecular formula is C24H23N3O3. The molecule has 0 aliphatic carbocycles. The summed E-state index contributed by atoms with van der Waals surface area (Å²) >= 11 is 0. The summed E-state index contributed by atoms with van der Waals surface area (Å²) in [6.45, 7) is 0. The zero-order chi connectivity index (χ0) is 20.7. The van der Waals surface area contributed by atoms with Crippen LogP contribution >= 0.6 is 0 Å². The van der Waals surface area contributed by atoms with E-state index in [-0.39, 0.29) is 18.0 Å². The first-order valence-electron chi connectivity index (χ1n) is 10.2. The highest BCUT2D eigenvalue weighted by Crippen LogP contribution is 2.44. The van der Waals surface area contributed by atoms with Crippen LogP contribution in [0.25, 0.3) is 11.4 Å². The van der Waals surface area contributed by atoms with E-state index in [0.717, 1.165) is 41.9 Å². The molecule has 1 saturated heterocycles. The van der Waals surface area contributed by atoms with Crippen LogP contribution in [0.15, 0.2) is 54.7 Å². The Kier molecular flexibility index (Phi) is 4.62. The fourth-order valence-electron chi connectivity index (χ4n) is 4.63. The molecule has 6 nitrogen and oxygen atoms in total. The highest BCUT2D eigenvalue weighted by atomic mass is 16.5. The first kappa shape index (κ1) is 18.6. The van der Waals surface area contributed by atoms with Crippen LogP contribution in [0.3, 0.4) is 0 Å². The molecule has 2 aliphatic rings. The molecule has 2 aromatic carbocycles. The van der Waals surface area contributed by atoms with Crippen LogP contribution in [0.1, 0.15) is 40.5 Å². The molecule has 30 heavy (non-hydrogen) atoms. The van der Waals surface area contributed by atoms with Crippen molar-refractivity contribution in [3.63, 3.8) is 0 Å². The Balaban J connectivity index is 1.49. The van der Waals surface area contributed by atoms with E-state index in [1.54, 1.807) is 32.4 Å². The van der Waals surface area contributed by atoms with Gasteiger partial charge in [-0.05, 0) is 25.0 Å². The number of fused-ring (bicyclic) bond motifs is 4. The summed E-state index contributed by atoms with van der Waals surface area (Å²) in [4.78, 5) is 25.0. The van der Waals surface area contributed by atoms with Crippen molar-refractivity contribution < 1.29 is 14.3 Å². The lowest BCUT2D eigenvalue weighted by Gasteiger charge is -2.36. The molecule has 1 fully saturated rings. The van der Waals surface area contributed by atoms with Crippen LogP contribution in [0, 0.1) is 0 Å². The molecule has 0 saturated carbocycles. The lowest BCUT2D eigenvalue weighted by Crippen LogP contribution is -2.42. The Labute approximate surface area is 175 Å². The zero-order valence-corrected chi connectivity index (χ0v) is 17.0. The molecule has 2 bridgehead atoms. The van der Waals surface area contributed by atoms with Gasteiger partial charge in [0.15, 0.2) is 5.82 Å². The fourth-order valence-corrected chi connectivity index (χ4v) is 4.63. The van der Waals surface area contributed by atoms with Crippen molar-refractivity contribution in [1.82, 2.24) is 14.9 Å². The minimum atomic E-state index is -0.0141. The largest absolute Gasteiger partial charge is 0.497 e. The van der Waals surface area contributed by atoms with E-state index in [2.05, 4.69) is 4.98 Å². The number of nitrogens with zero attached hydrogens (tertiary/aromatic N) is 3. The van der Waals surface area contributed by atoms with Crippen molar-refractivity contribution in [2.45, 2.75) is 31.3 Å². The molecule has 3 aromatic rings. The van der Waals surface area contributed by atoms with E-state index < -0.39 is 0 Å². The van der Waals surface area contributed by atoms with E-state index in [0.29, 0.717) is 17.1 Å². The van der Waals surface area contributed by atoms with Crippen molar-refractivity contribution in [3.8, 4) is 22.9 Å². The summed E-state index contributed by atoms with van der Waals surface area (Å²) in [6.07, 6.45) is 4.54. The summed E-state index contributed by atoms with van der Waals surface area (Å²) in [5.74, 6) is 1.92. The third-order valence-corrected chi connectivity index (χ3v) is 6.10. The zero-order valence-electron chi connectivity index (χ0n) is 17.0. The highest BCUT2D eigenvalue weighted by molar-refractivity contribution is 5.98. The number of hydrogen-bond donors (Lipinski definition) is 0. The number of benzene rings is 2. The van der Waals surface area contributed by atoms with E-state index >= 15 is 0 Å².